The third-order valence-electron chi connectivity index (χ3n) is 4.36. The van der Waals surface area contributed by atoms with Crippen molar-refractivity contribution in [3.05, 3.63) is 65.7 Å². The van der Waals surface area contributed by atoms with Crippen LogP contribution in [-0.4, -0.2) is 49.8 Å². The largest absolute Gasteiger partial charge is 0.352 e. The van der Waals surface area contributed by atoms with Crippen molar-refractivity contribution in [1.29, 1.82) is 0 Å². The molecule has 0 aliphatic heterocycles. The molecule has 3 aromatic rings. The van der Waals surface area contributed by atoms with Crippen molar-refractivity contribution < 1.29 is 14.4 Å². The van der Waals surface area contributed by atoms with Crippen LogP contribution in [-0.2, 0) is 16.0 Å². The third kappa shape index (κ3) is 6.28. The van der Waals surface area contributed by atoms with Crippen molar-refractivity contribution in [2.45, 2.75) is 24.5 Å². The van der Waals surface area contributed by atoms with Gasteiger partial charge in [0.15, 0.2) is 0 Å². The van der Waals surface area contributed by atoms with Crippen molar-refractivity contribution >= 4 is 29.6 Å². The topological polar surface area (TPSA) is 157 Å². The quantitative estimate of drug-likeness (QED) is 0.285. The highest BCUT2D eigenvalue weighted by atomic mass is 32.2. The molecule has 0 bridgehead atoms. The lowest BCUT2D eigenvalue weighted by Crippen LogP contribution is -2.54. The fraction of sp³-hybridized carbons (Fsp3) is 0.200. The van der Waals surface area contributed by atoms with Gasteiger partial charge < -0.3 is 11.1 Å². The van der Waals surface area contributed by atoms with E-state index in [0.29, 0.717) is 5.16 Å². The number of hydrogen-bond acceptors (Lipinski definition) is 7. The smallest absolute Gasteiger partial charge is 0.312 e. The lowest BCUT2D eigenvalue weighted by Gasteiger charge is -2.17. The van der Waals surface area contributed by atoms with E-state index in [0.717, 1.165) is 28.6 Å². The molecule has 0 saturated carbocycles. The van der Waals surface area contributed by atoms with Gasteiger partial charge in [0.2, 0.25) is 11.1 Å². The van der Waals surface area contributed by atoms with Crippen LogP contribution in [0.1, 0.15) is 11.1 Å². The number of primary amides is 1. The van der Waals surface area contributed by atoms with Gasteiger partial charge in [-0.15, -0.1) is 5.10 Å². The molecular formula is C20H22N8O3S. The Morgan fingerprint density at radius 3 is 2.50 bits per heavy atom. The van der Waals surface area contributed by atoms with Crippen LogP contribution in [0.25, 0.3) is 5.69 Å². The molecule has 0 aliphatic rings. The first kappa shape index (κ1) is 22.7. The molecule has 0 radical (unpaired) electrons. The van der Waals surface area contributed by atoms with E-state index in [1.54, 1.807) is 4.68 Å². The molecule has 1 aromatic heterocycles. The second kappa shape index (κ2) is 10.9. The summed E-state index contributed by atoms with van der Waals surface area (Å²) < 4.78 is 1.54. The molecule has 0 saturated heterocycles. The highest BCUT2D eigenvalue weighted by Crippen LogP contribution is 2.20. The molecule has 0 unspecified atom stereocenters. The number of amides is 4. The second-order valence-electron chi connectivity index (χ2n) is 6.74. The minimum absolute atomic E-state index is 0.0425. The van der Waals surface area contributed by atoms with E-state index in [-0.39, 0.29) is 12.2 Å². The van der Waals surface area contributed by atoms with Crippen molar-refractivity contribution in [1.82, 2.24) is 36.4 Å². The van der Waals surface area contributed by atoms with Crippen LogP contribution in [0.2, 0.25) is 0 Å². The number of aromatic nitrogens is 4. The van der Waals surface area contributed by atoms with E-state index >= 15 is 0 Å². The van der Waals surface area contributed by atoms with Gasteiger partial charge in [0, 0.05) is 6.42 Å². The number of aryl methyl sites for hydroxylation is 1. The minimum atomic E-state index is -0.948. The summed E-state index contributed by atoms with van der Waals surface area (Å²) in [5.74, 6) is -1.12. The number of nitrogens with zero attached hydrogens (tertiary/aromatic N) is 4. The highest BCUT2D eigenvalue weighted by molar-refractivity contribution is 7.99. The fourth-order valence-corrected chi connectivity index (χ4v) is 3.52. The van der Waals surface area contributed by atoms with Gasteiger partial charge in [-0.1, -0.05) is 60.3 Å². The molecule has 5 N–H and O–H groups in total. The Morgan fingerprint density at radius 2 is 1.78 bits per heavy atom. The summed E-state index contributed by atoms with van der Waals surface area (Å²) in [6.07, 6.45) is 0.214. The number of hydrazine groups is 1. The number of rotatable bonds is 8. The molecule has 0 spiro atoms. The molecule has 0 fully saturated rings. The molecule has 4 amide bonds. The van der Waals surface area contributed by atoms with Crippen molar-refractivity contribution in [2.75, 3.05) is 5.75 Å². The van der Waals surface area contributed by atoms with E-state index in [9.17, 15) is 14.4 Å². The third-order valence-corrected chi connectivity index (χ3v) is 5.28. The molecule has 12 heteroatoms. The number of thioether (sulfide) groups is 1. The zero-order chi connectivity index (χ0) is 22.9. The van der Waals surface area contributed by atoms with Crippen LogP contribution in [0, 0.1) is 6.92 Å². The summed E-state index contributed by atoms with van der Waals surface area (Å²) >= 11 is 1.11. The highest BCUT2D eigenvalue weighted by Gasteiger charge is 2.21. The van der Waals surface area contributed by atoms with Gasteiger partial charge >= 0.3 is 6.03 Å². The average molecular weight is 455 g/mol. The number of urea groups is 1. The number of para-hydroxylation sites is 1. The van der Waals surface area contributed by atoms with E-state index < -0.39 is 23.9 Å². The van der Waals surface area contributed by atoms with Crippen LogP contribution < -0.4 is 21.9 Å². The van der Waals surface area contributed by atoms with Gasteiger partial charge in [-0.25, -0.2) is 4.79 Å². The Kier molecular flexibility index (Phi) is 7.75. The van der Waals surface area contributed by atoms with Gasteiger partial charge in [0.05, 0.1) is 11.4 Å². The maximum atomic E-state index is 12.5. The maximum absolute atomic E-state index is 12.5. The van der Waals surface area contributed by atoms with Crippen molar-refractivity contribution in [3.8, 4) is 5.69 Å². The summed E-state index contributed by atoms with van der Waals surface area (Å²) in [5, 5.41) is 14.4. The minimum Gasteiger partial charge on any atom is -0.352 e. The summed E-state index contributed by atoms with van der Waals surface area (Å²) in [6, 6.07) is 14.9. The Morgan fingerprint density at radius 1 is 1.06 bits per heavy atom. The first-order valence-electron chi connectivity index (χ1n) is 9.60. The lowest BCUT2D eigenvalue weighted by atomic mass is 10.1. The Bertz CT molecular complexity index is 1090. The molecule has 2 aromatic carbocycles. The summed E-state index contributed by atoms with van der Waals surface area (Å²) in [7, 11) is 0. The number of benzene rings is 2. The molecular weight excluding hydrogens is 432 g/mol. The zero-order valence-corrected chi connectivity index (χ0v) is 18.0. The average Bonchev–Trinajstić information content (AvgIpc) is 3.24. The number of carbonyl (C=O) groups excluding carboxylic acids is 3. The first-order chi connectivity index (χ1) is 15.4. The zero-order valence-electron chi connectivity index (χ0n) is 17.2. The Balaban J connectivity index is 1.54. The van der Waals surface area contributed by atoms with Crippen LogP contribution >= 0.6 is 11.8 Å². The Labute approximate surface area is 188 Å². The van der Waals surface area contributed by atoms with E-state index in [4.69, 9.17) is 5.73 Å². The number of nitrogens with one attached hydrogen (secondary N) is 3. The molecule has 166 valence electrons. The van der Waals surface area contributed by atoms with E-state index in [1.807, 2.05) is 61.5 Å². The van der Waals surface area contributed by atoms with Gasteiger partial charge in [0.1, 0.15) is 6.04 Å². The lowest BCUT2D eigenvalue weighted by molar-refractivity contribution is -0.128. The monoisotopic (exact) mass is 454 g/mol. The standard InChI is InChI=1S/C20H22N8O3S/c1-13-7-5-6-10-16(13)28-20(25-26-27-28)32-12-17(29)23-24-18(30)15(22-19(21)31)11-14-8-3-2-4-9-14/h2-10,15H,11-12H2,1H3,(H,23,29)(H,24,30)(H3,21,22,31)/t15-/m1/s1. The van der Waals surface area contributed by atoms with Gasteiger partial charge in [-0.05, 0) is 34.5 Å². The maximum Gasteiger partial charge on any atom is 0.312 e. The van der Waals surface area contributed by atoms with Gasteiger partial charge in [-0.2, -0.15) is 4.68 Å². The van der Waals surface area contributed by atoms with Crippen LogP contribution in [0.15, 0.2) is 59.8 Å². The van der Waals surface area contributed by atoms with E-state index in [2.05, 4.69) is 31.7 Å². The molecule has 1 heterocycles. The van der Waals surface area contributed by atoms with Gasteiger partial charge in [-0.3, -0.25) is 20.4 Å². The molecule has 32 heavy (non-hydrogen) atoms. The second-order valence-corrected chi connectivity index (χ2v) is 7.68. The van der Waals surface area contributed by atoms with E-state index in [1.165, 1.54) is 0 Å². The predicted octanol–water partition coefficient (Wildman–Crippen LogP) is 0.490. The summed E-state index contributed by atoms with van der Waals surface area (Å²) in [4.78, 5) is 36.0. The number of tetrazole rings is 1. The summed E-state index contributed by atoms with van der Waals surface area (Å²) in [5.41, 5.74) is 12.4. The van der Waals surface area contributed by atoms with Crippen molar-refractivity contribution in [2.24, 2.45) is 5.73 Å². The number of nitrogens with two attached hydrogens (primary N) is 1. The van der Waals surface area contributed by atoms with Crippen LogP contribution in [0.3, 0.4) is 0 Å². The van der Waals surface area contributed by atoms with Crippen LogP contribution in [0.4, 0.5) is 4.79 Å². The predicted molar refractivity (Wildman–Crippen MR) is 118 cm³/mol. The van der Waals surface area contributed by atoms with Gasteiger partial charge in [0.25, 0.3) is 5.91 Å². The van der Waals surface area contributed by atoms with Crippen molar-refractivity contribution in [3.63, 3.8) is 0 Å². The summed E-state index contributed by atoms with van der Waals surface area (Å²) in [6.45, 7) is 1.93. The van der Waals surface area contributed by atoms with Crippen LogP contribution in [0.5, 0.6) is 0 Å². The normalized spacial score (nSPS) is 11.4. The molecule has 0 aliphatic carbocycles. The SMILES string of the molecule is Cc1ccccc1-n1nnnc1SCC(=O)NNC(=O)[C@@H](Cc1ccccc1)NC(N)=O. The Hall–Kier alpha value is -3.93. The molecule has 3 rings (SSSR count). The first-order valence-corrected chi connectivity index (χ1v) is 10.6. The number of hydrogen-bond donors (Lipinski definition) is 4. The molecule has 1 atom stereocenters. The molecule has 11 nitrogen and oxygen atoms in total. The fourth-order valence-electron chi connectivity index (χ4n) is 2.84. The number of carbonyl (C=O) groups is 3.